The lowest BCUT2D eigenvalue weighted by molar-refractivity contribution is 0.0940. The lowest BCUT2D eigenvalue weighted by atomic mass is 10.1. The first-order valence-corrected chi connectivity index (χ1v) is 8.76. The molecule has 6 nitrogen and oxygen atoms in total. The first kappa shape index (κ1) is 14.2. The predicted octanol–water partition coefficient (Wildman–Crippen LogP) is 0.765. The average molecular weight is 311 g/mol. The molecule has 1 fully saturated rings. The molecule has 0 spiro atoms. The van der Waals surface area contributed by atoms with Crippen LogP contribution in [0.1, 0.15) is 23.2 Å². The number of carbonyl (C=O) groups is 1. The van der Waals surface area contributed by atoms with Gasteiger partial charge in [-0.05, 0) is 24.6 Å². The molecule has 2 aliphatic rings. The molecule has 114 valence electrons. The van der Waals surface area contributed by atoms with Gasteiger partial charge in [-0.3, -0.25) is 4.79 Å². The van der Waals surface area contributed by atoms with Crippen molar-refractivity contribution < 1.29 is 22.7 Å². The highest BCUT2D eigenvalue weighted by atomic mass is 32.2. The number of nitrogens with one attached hydrogen (secondary N) is 1. The molecule has 1 N–H and O–H groups in total. The van der Waals surface area contributed by atoms with Gasteiger partial charge in [0.05, 0.1) is 24.7 Å². The van der Waals surface area contributed by atoms with Crippen molar-refractivity contribution in [2.45, 2.75) is 18.9 Å². The number of rotatable bonds is 2. The maximum atomic E-state index is 12.2. The second-order valence-electron chi connectivity index (χ2n) is 5.29. The lowest BCUT2D eigenvalue weighted by Gasteiger charge is -2.12. The summed E-state index contributed by atoms with van der Waals surface area (Å²) in [5.41, 5.74) is 0.448. The molecule has 2 aliphatic heterocycles. The van der Waals surface area contributed by atoms with E-state index in [0.717, 1.165) is 6.42 Å². The van der Waals surface area contributed by atoms with Crippen LogP contribution in [0, 0.1) is 0 Å². The SMILES string of the molecule is O=C(N[C@@H]1CCS(=O)(=O)C1)c1ccc2c(c1)OCCCO2. The minimum atomic E-state index is -3.00. The minimum Gasteiger partial charge on any atom is -0.490 e. The van der Waals surface area contributed by atoms with Crippen LogP contribution in [0.15, 0.2) is 18.2 Å². The van der Waals surface area contributed by atoms with E-state index in [4.69, 9.17) is 9.47 Å². The third-order valence-electron chi connectivity index (χ3n) is 3.58. The molecule has 1 aromatic rings. The van der Waals surface area contributed by atoms with E-state index < -0.39 is 9.84 Å². The zero-order valence-electron chi connectivity index (χ0n) is 11.5. The lowest BCUT2D eigenvalue weighted by Crippen LogP contribution is -2.35. The number of sulfone groups is 1. The van der Waals surface area contributed by atoms with Crippen molar-refractivity contribution in [3.63, 3.8) is 0 Å². The van der Waals surface area contributed by atoms with Gasteiger partial charge < -0.3 is 14.8 Å². The van der Waals surface area contributed by atoms with Gasteiger partial charge in [0.1, 0.15) is 0 Å². The highest BCUT2D eigenvalue weighted by Crippen LogP contribution is 2.30. The molecule has 1 amide bonds. The van der Waals surface area contributed by atoms with Crippen LogP contribution in [0.5, 0.6) is 11.5 Å². The van der Waals surface area contributed by atoms with Gasteiger partial charge in [0, 0.05) is 18.0 Å². The van der Waals surface area contributed by atoms with Gasteiger partial charge in [0.2, 0.25) is 0 Å². The summed E-state index contributed by atoms with van der Waals surface area (Å²) in [7, 11) is -3.00. The van der Waals surface area contributed by atoms with Crippen LogP contribution < -0.4 is 14.8 Å². The number of hydrogen-bond donors (Lipinski definition) is 1. The Bertz CT molecular complexity index is 655. The third-order valence-corrected chi connectivity index (χ3v) is 5.35. The average Bonchev–Trinajstić information content (AvgIpc) is 2.65. The molecule has 0 aromatic heterocycles. The Hall–Kier alpha value is -1.76. The zero-order chi connectivity index (χ0) is 14.9. The molecule has 1 atom stereocenters. The summed E-state index contributed by atoms with van der Waals surface area (Å²) in [5.74, 6) is 1.06. The monoisotopic (exact) mass is 311 g/mol. The van der Waals surface area contributed by atoms with Gasteiger partial charge in [0.15, 0.2) is 21.3 Å². The Labute approximate surface area is 123 Å². The highest BCUT2D eigenvalue weighted by molar-refractivity contribution is 7.91. The molecule has 2 heterocycles. The van der Waals surface area contributed by atoms with Crippen molar-refractivity contribution in [3.8, 4) is 11.5 Å². The normalized spacial score (nSPS) is 23.3. The molecule has 7 heteroatoms. The minimum absolute atomic E-state index is 0.0172. The van der Waals surface area contributed by atoms with Gasteiger partial charge in [-0.15, -0.1) is 0 Å². The van der Waals surface area contributed by atoms with Crippen LogP contribution in [0.2, 0.25) is 0 Å². The molecule has 3 rings (SSSR count). The Morgan fingerprint density at radius 1 is 1.19 bits per heavy atom. The predicted molar refractivity (Wildman–Crippen MR) is 76.6 cm³/mol. The summed E-state index contributed by atoms with van der Waals surface area (Å²) >= 11 is 0. The molecular weight excluding hydrogens is 294 g/mol. The number of benzene rings is 1. The second-order valence-corrected chi connectivity index (χ2v) is 7.51. The molecule has 0 unspecified atom stereocenters. The number of ether oxygens (including phenoxy) is 2. The van der Waals surface area contributed by atoms with Crippen LogP contribution in [0.25, 0.3) is 0 Å². The largest absolute Gasteiger partial charge is 0.490 e. The second kappa shape index (κ2) is 5.55. The molecule has 1 aromatic carbocycles. The molecule has 21 heavy (non-hydrogen) atoms. The number of carbonyl (C=O) groups excluding carboxylic acids is 1. The Morgan fingerprint density at radius 3 is 2.67 bits per heavy atom. The summed E-state index contributed by atoms with van der Waals surface area (Å²) in [6.45, 7) is 1.15. The Balaban J connectivity index is 1.72. The summed E-state index contributed by atoms with van der Waals surface area (Å²) < 4.78 is 33.9. The molecule has 0 saturated carbocycles. The van der Waals surface area contributed by atoms with Crippen molar-refractivity contribution in [2.75, 3.05) is 24.7 Å². The maximum absolute atomic E-state index is 12.2. The maximum Gasteiger partial charge on any atom is 0.251 e. The standard InChI is InChI=1S/C14H17NO5S/c16-14(15-11-4-7-21(17,18)9-11)10-2-3-12-13(8-10)20-6-1-5-19-12/h2-3,8,11H,1,4-7,9H2,(H,15,16)/t11-/m1/s1. The van der Waals surface area contributed by atoms with Crippen molar-refractivity contribution in [2.24, 2.45) is 0 Å². The summed E-state index contributed by atoms with van der Waals surface area (Å²) in [5, 5.41) is 2.76. The molecule has 1 saturated heterocycles. The smallest absolute Gasteiger partial charge is 0.251 e. The number of amides is 1. The summed E-state index contributed by atoms with van der Waals surface area (Å²) in [4.78, 5) is 12.2. The van der Waals surface area contributed by atoms with Gasteiger partial charge in [-0.1, -0.05) is 0 Å². The van der Waals surface area contributed by atoms with Crippen molar-refractivity contribution in [3.05, 3.63) is 23.8 Å². The van der Waals surface area contributed by atoms with Crippen LogP contribution >= 0.6 is 0 Å². The van der Waals surface area contributed by atoms with Gasteiger partial charge >= 0.3 is 0 Å². The van der Waals surface area contributed by atoms with E-state index in [0.29, 0.717) is 36.7 Å². The van der Waals surface area contributed by atoms with Gasteiger partial charge in [-0.2, -0.15) is 0 Å². The van der Waals surface area contributed by atoms with Crippen LogP contribution in [0.4, 0.5) is 0 Å². The van der Waals surface area contributed by atoms with E-state index in [1.807, 2.05) is 0 Å². The summed E-state index contributed by atoms with van der Waals surface area (Å²) in [6.07, 6.45) is 1.27. The van der Waals surface area contributed by atoms with Crippen LogP contribution in [-0.4, -0.2) is 45.1 Å². The fraction of sp³-hybridized carbons (Fsp3) is 0.500. The fourth-order valence-electron chi connectivity index (χ4n) is 2.48. The number of fused-ring (bicyclic) bond motifs is 1. The molecule has 0 bridgehead atoms. The topological polar surface area (TPSA) is 81.7 Å². The molecular formula is C14H17NO5S. The van der Waals surface area contributed by atoms with Crippen molar-refractivity contribution in [1.29, 1.82) is 0 Å². The Morgan fingerprint density at radius 2 is 1.95 bits per heavy atom. The van der Waals surface area contributed by atoms with Crippen LogP contribution in [-0.2, 0) is 9.84 Å². The molecule has 0 radical (unpaired) electrons. The van der Waals surface area contributed by atoms with Crippen molar-refractivity contribution in [1.82, 2.24) is 5.32 Å². The van der Waals surface area contributed by atoms with E-state index in [-0.39, 0.29) is 23.5 Å². The summed E-state index contributed by atoms with van der Waals surface area (Å²) in [6, 6.07) is 4.70. The fourth-order valence-corrected chi connectivity index (χ4v) is 4.16. The zero-order valence-corrected chi connectivity index (χ0v) is 12.3. The Kier molecular flexibility index (Phi) is 3.75. The van der Waals surface area contributed by atoms with E-state index in [1.54, 1.807) is 18.2 Å². The number of hydrogen-bond acceptors (Lipinski definition) is 5. The van der Waals surface area contributed by atoms with E-state index in [9.17, 15) is 13.2 Å². The van der Waals surface area contributed by atoms with Gasteiger partial charge in [-0.25, -0.2) is 8.42 Å². The van der Waals surface area contributed by atoms with Crippen molar-refractivity contribution >= 4 is 15.7 Å². The molecule has 0 aliphatic carbocycles. The quantitative estimate of drug-likeness (QED) is 0.872. The first-order valence-electron chi connectivity index (χ1n) is 6.94. The van der Waals surface area contributed by atoms with E-state index >= 15 is 0 Å². The van der Waals surface area contributed by atoms with E-state index in [1.165, 1.54) is 0 Å². The van der Waals surface area contributed by atoms with Gasteiger partial charge in [0.25, 0.3) is 5.91 Å². The highest BCUT2D eigenvalue weighted by Gasteiger charge is 2.29. The van der Waals surface area contributed by atoms with E-state index in [2.05, 4.69) is 5.32 Å². The third kappa shape index (κ3) is 3.29. The van der Waals surface area contributed by atoms with Crippen LogP contribution in [0.3, 0.4) is 0 Å². The first-order chi connectivity index (χ1) is 10.0.